The number of ether oxygens (including phenoxy) is 1. The maximum Gasteiger partial charge on any atom is 0.305 e. The molecule has 1 heterocycles. The van der Waals surface area contributed by atoms with E-state index in [-0.39, 0.29) is 23.8 Å². The van der Waals surface area contributed by atoms with Crippen LogP contribution in [0.5, 0.6) is 0 Å². The third-order valence-corrected chi connectivity index (χ3v) is 7.38. The molecule has 0 spiro atoms. The minimum absolute atomic E-state index is 0.0842. The van der Waals surface area contributed by atoms with Gasteiger partial charge in [-0.15, -0.1) is 0 Å². The Morgan fingerprint density at radius 3 is 2.76 bits per heavy atom. The number of methoxy groups -OCH3 is 1. The molecular formula is C27H41NO4S. The van der Waals surface area contributed by atoms with E-state index < -0.39 is 6.10 Å². The largest absolute Gasteiger partial charge is 0.469 e. The first-order valence-corrected chi connectivity index (χ1v) is 13.5. The van der Waals surface area contributed by atoms with E-state index in [1.807, 2.05) is 17.1 Å². The topological polar surface area (TPSA) is 66.8 Å². The van der Waals surface area contributed by atoms with Crippen molar-refractivity contribution in [1.29, 1.82) is 0 Å². The number of unbranched alkanes of at least 4 members (excludes halogenated alkanes) is 2. The van der Waals surface area contributed by atoms with Gasteiger partial charge in [0.15, 0.2) is 0 Å². The quantitative estimate of drug-likeness (QED) is 0.207. The Hall–Kier alpha value is -1.79. The van der Waals surface area contributed by atoms with Gasteiger partial charge < -0.3 is 14.7 Å². The molecule has 0 radical (unpaired) electrons. The van der Waals surface area contributed by atoms with E-state index in [2.05, 4.69) is 42.0 Å². The number of nitrogens with zero attached hydrogens (tertiary/aromatic N) is 1. The normalized spacial score (nSPS) is 18.1. The number of rotatable bonds is 16. The summed E-state index contributed by atoms with van der Waals surface area (Å²) in [6.07, 6.45) is 11.7. The Kier molecular flexibility index (Phi) is 13.3. The lowest BCUT2D eigenvalue weighted by Gasteiger charge is -2.23. The molecule has 1 aliphatic heterocycles. The Labute approximate surface area is 204 Å². The van der Waals surface area contributed by atoms with E-state index in [9.17, 15) is 14.7 Å². The van der Waals surface area contributed by atoms with Gasteiger partial charge in [-0.3, -0.25) is 9.59 Å². The molecular weight excluding hydrogens is 434 g/mol. The fourth-order valence-corrected chi connectivity index (χ4v) is 5.03. The SMILES string of the molecule is COC(=O)CCCSCCN1C(=O)CC[C@@H]1/C=C/[C@@H](O)[C@@H](C)CCCCCc1ccccc1. The molecule has 0 aliphatic carbocycles. The second-order valence-electron chi connectivity index (χ2n) is 8.92. The molecule has 33 heavy (non-hydrogen) atoms. The number of benzene rings is 1. The molecule has 0 bridgehead atoms. The van der Waals surface area contributed by atoms with Crippen LogP contribution in [0, 0.1) is 5.92 Å². The molecule has 1 aliphatic rings. The van der Waals surface area contributed by atoms with Gasteiger partial charge >= 0.3 is 5.97 Å². The minimum atomic E-state index is -0.468. The first-order valence-electron chi connectivity index (χ1n) is 12.4. The van der Waals surface area contributed by atoms with Crippen molar-refractivity contribution in [2.24, 2.45) is 5.92 Å². The molecule has 0 aromatic heterocycles. The standard InChI is InChI=1S/C27H41NO4S/c1-22(10-5-3-6-11-23-12-7-4-8-13-23)25(29)17-15-24-16-18-26(30)28(24)19-21-33-20-9-14-27(31)32-2/h4,7-8,12-13,15,17,22,24-25,29H,3,5-6,9-11,14,16,18-21H2,1-2H3/b17-15+/t22-,24-,25+/m0/s1. The molecule has 1 aromatic rings. The van der Waals surface area contributed by atoms with Crippen LogP contribution >= 0.6 is 11.8 Å². The second kappa shape index (κ2) is 15.9. The summed E-state index contributed by atoms with van der Waals surface area (Å²) >= 11 is 1.76. The summed E-state index contributed by atoms with van der Waals surface area (Å²) < 4.78 is 4.65. The number of carbonyl (C=O) groups is 2. The Balaban J connectivity index is 1.62. The van der Waals surface area contributed by atoms with Crippen molar-refractivity contribution in [2.45, 2.75) is 76.9 Å². The van der Waals surface area contributed by atoms with E-state index in [0.717, 1.165) is 43.6 Å². The highest BCUT2D eigenvalue weighted by atomic mass is 32.2. The van der Waals surface area contributed by atoms with E-state index in [1.54, 1.807) is 11.8 Å². The Bertz CT molecular complexity index is 724. The van der Waals surface area contributed by atoms with Gasteiger partial charge in [-0.25, -0.2) is 0 Å². The van der Waals surface area contributed by atoms with Gasteiger partial charge in [-0.05, 0) is 49.3 Å². The average molecular weight is 476 g/mol. The zero-order chi connectivity index (χ0) is 23.9. The Morgan fingerprint density at radius 2 is 2.00 bits per heavy atom. The molecule has 0 unspecified atom stereocenters. The molecule has 1 saturated heterocycles. The van der Waals surface area contributed by atoms with Crippen LogP contribution in [-0.2, 0) is 20.7 Å². The number of esters is 1. The molecule has 3 atom stereocenters. The Morgan fingerprint density at radius 1 is 1.21 bits per heavy atom. The zero-order valence-corrected chi connectivity index (χ0v) is 21.1. The van der Waals surface area contributed by atoms with Crippen LogP contribution in [0.3, 0.4) is 0 Å². The minimum Gasteiger partial charge on any atom is -0.469 e. The molecule has 1 amide bonds. The van der Waals surface area contributed by atoms with Crippen LogP contribution in [0.25, 0.3) is 0 Å². The summed E-state index contributed by atoms with van der Waals surface area (Å²) in [5, 5.41) is 10.6. The highest BCUT2D eigenvalue weighted by molar-refractivity contribution is 7.99. The number of amides is 1. The smallest absolute Gasteiger partial charge is 0.305 e. The number of hydrogen-bond donors (Lipinski definition) is 1. The number of aliphatic hydroxyl groups excluding tert-OH is 1. The third kappa shape index (κ3) is 10.8. The van der Waals surface area contributed by atoms with Crippen LogP contribution in [0.15, 0.2) is 42.5 Å². The number of aryl methyl sites for hydroxylation is 1. The summed E-state index contributed by atoms with van der Waals surface area (Å²) in [6.45, 7) is 2.82. The van der Waals surface area contributed by atoms with Crippen LogP contribution in [-0.4, -0.2) is 59.2 Å². The summed E-state index contributed by atoms with van der Waals surface area (Å²) in [5.41, 5.74) is 1.39. The third-order valence-electron chi connectivity index (χ3n) is 6.33. The van der Waals surface area contributed by atoms with E-state index >= 15 is 0 Å². The number of aliphatic hydroxyl groups is 1. The van der Waals surface area contributed by atoms with E-state index in [0.29, 0.717) is 19.4 Å². The highest BCUT2D eigenvalue weighted by Crippen LogP contribution is 2.22. The van der Waals surface area contributed by atoms with Gasteiger partial charge in [0, 0.05) is 25.1 Å². The summed E-state index contributed by atoms with van der Waals surface area (Å²) in [6, 6.07) is 10.7. The first-order chi connectivity index (χ1) is 16.0. The van der Waals surface area contributed by atoms with Crippen molar-refractivity contribution in [2.75, 3.05) is 25.2 Å². The van der Waals surface area contributed by atoms with Crippen molar-refractivity contribution < 1.29 is 19.4 Å². The predicted molar refractivity (Wildman–Crippen MR) is 136 cm³/mol. The van der Waals surface area contributed by atoms with Gasteiger partial charge in [0.25, 0.3) is 0 Å². The van der Waals surface area contributed by atoms with Crippen molar-refractivity contribution in [3.63, 3.8) is 0 Å². The zero-order valence-electron chi connectivity index (χ0n) is 20.3. The summed E-state index contributed by atoms with van der Waals surface area (Å²) in [7, 11) is 1.41. The average Bonchev–Trinajstić information content (AvgIpc) is 3.18. The lowest BCUT2D eigenvalue weighted by molar-refractivity contribution is -0.140. The van der Waals surface area contributed by atoms with Gasteiger partial charge in [0.05, 0.1) is 19.3 Å². The monoisotopic (exact) mass is 475 g/mol. The molecule has 0 saturated carbocycles. The molecule has 5 nitrogen and oxygen atoms in total. The van der Waals surface area contributed by atoms with E-state index in [4.69, 9.17) is 0 Å². The molecule has 1 aromatic carbocycles. The lowest BCUT2D eigenvalue weighted by Crippen LogP contribution is -2.34. The van der Waals surface area contributed by atoms with Crippen LogP contribution < -0.4 is 0 Å². The molecule has 2 rings (SSSR count). The number of hydrogen-bond acceptors (Lipinski definition) is 5. The number of thioether (sulfide) groups is 1. The molecule has 184 valence electrons. The fourth-order valence-electron chi connectivity index (χ4n) is 4.15. The van der Waals surface area contributed by atoms with Gasteiger partial charge in [0.2, 0.25) is 5.91 Å². The predicted octanol–water partition coefficient (Wildman–Crippen LogP) is 5.02. The molecule has 6 heteroatoms. The number of carbonyl (C=O) groups excluding carboxylic acids is 2. The second-order valence-corrected chi connectivity index (χ2v) is 10.1. The molecule has 1 fully saturated rings. The first kappa shape index (κ1) is 27.5. The van der Waals surface area contributed by atoms with Crippen molar-refractivity contribution in [1.82, 2.24) is 4.90 Å². The van der Waals surface area contributed by atoms with Gasteiger partial charge in [-0.1, -0.05) is 62.2 Å². The summed E-state index contributed by atoms with van der Waals surface area (Å²) in [5.74, 6) is 1.99. The highest BCUT2D eigenvalue weighted by Gasteiger charge is 2.28. The van der Waals surface area contributed by atoms with Crippen LogP contribution in [0.2, 0.25) is 0 Å². The maximum absolute atomic E-state index is 12.3. The van der Waals surface area contributed by atoms with Crippen LogP contribution in [0.1, 0.15) is 63.9 Å². The van der Waals surface area contributed by atoms with Gasteiger partial charge in [0.1, 0.15) is 0 Å². The van der Waals surface area contributed by atoms with Crippen molar-refractivity contribution >= 4 is 23.6 Å². The van der Waals surface area contributed by atoms with Crippen molar-refractivity contribution in [3.05, 3.63) is 48.0 Å². The maximum atomic E-state index is 12.3. The van der Waals surface area contributed by atoms with Crippen molar-refractivity contribution in [3.8, 4) is 0 Å². The summed E-state index contributed by atoms with van der Waals surface area (Å²) in [4.78, 5) is 25.4. The van der Waals surface area contributed by atoms with Gasteiger partial charge in [-0.2, -0.15) is 11.8 Å². The van der Waals surface area contributed by atoms with E-state index in [1.165, 1.54) is 25.5 Å². The van der Waals surface area contributed by atoms with Crippen LogP contribution in [0.4, 0.5) is 0 Å². The molecule has 1 N–H and O–H groups in total. The lowest BCUT2D eigenvalue weighted by atomic mass is 9.95. The fraction of sp³-hybridized carbons (Fsp3) is 0.630. The number of likely N-dealkylation sites (tertiary alicyclic amines) is 1.